The molecule has 3 rings (SSSR count). The van der Waals surface area contributed by atoms with Gasteiger partial charge in [0.25, 0.3) is 11.8 Å². The van der Waals surface area contributed by atoms with Crippen LogP contribution in [0.5, 0.6) is 0 Å². The van der Waals surface area contributed by atoms with Crippen LogP contribution < -0.4 is 9.63 Å². The molecule has 1 aliphatic heterocycles. The molecule has 5 nitrogen and oxygen atoms in total. The fourth-order valence-electron chi connectivity index (χ4n) is 2.10. The Labute approximate surface area is 111 Å². The van der Waals surface area contributed by atoms with Gasteiger partial charge in [-0.3, -0.25) is 9.59 Å². The van der Waals surface area contributed by atoms with E-state index < -0.39 is 29.1 Å². The molecule has 1 aromatic carbocycles. The molecule has 0 spiro atoms. The summed E-state index contributed by atoms with van der Waals surface area (Å²) in [5.74, 6) is -4.22. The lowest BCUT2D eigenvalue weighted by Gasteiger charge is -2.14. The Morgan fingerprint density at radius 2 is 1.40 bits per heavy atom. The largest absolute Gasteiger partial charge is 0.619 e. The van der Waals surface area contributed by atoms with Crippen molar-refractivity contribution in [2.45, 2.75) is 0 Å². The molecule has 2 heterocycles. The second-order valence-corrected chi connectivity index (χ2v) is 4.15. The molecule has 0 atom stereocenters. The number of benzene rings is 1. The van der Waals surface area contributed by atoms with Crippen LogP contribution in [0.4, 0.5) is 14.5 Å². The first-order chi connectivity index (χ1) is 9.50. The standard InChI is InChI=1S/C13H6F2N2O3/c14-9-5-16(20)6-10(15)11(9)17-12(18)7-3-1-2-4-8(7)13(17)19/h1-6H. The highest BCUT2D eigenvalue weighted by atomic mass is 19.1. The second-order valence-electron chi connectivity index (χ2n) is 4.15. The van der Waals surface area contributed by atoms with Crippen LogP contribution in [0.3, 0.4) is 0 Å². The van der Waals surface area contributed by atoms with Crippen molar-refractivity contribution in [3.05, 3.63) is 64.6 Å². The van der Waals surface area contributed by atoms with E-state index in [4.69, 9.17) is 0 Å². The number of aromatic nitrogens is 1. The van der Waals surface area contributed by atoms with Gasteiger partial charge in [-0.1, -0.05) is 12.1 Å². The Morgan fingerprint density at radius 3 is 1.85 bits per heavy atom. The third-order valence-corrected chi connectivity index (χ3v) is 2.95. The highest BCUT2D eigenvalue weighted by Crippen LogP contribution is 2.31. The van der Waals surface area contributed by atoms with Crippen molar-refractivity contribution in [2.75, 3.05) is 4.90 Å². The number of imide groups is 1. The lowest BCUT2D eigenvalue weighted by molar-refractivity contribution is -0.608. The maximum absolute atomic E-state index is 13.7. The van der Waals surface area contributed by atoms with Crippen LogP contribution in [0.2, 0.25) is 0 Å². The highest BCUT2D eigenvalue weighted by Gasteiger charge is 2.40. The molecule has 7 heteroatoms. The Kier molecular flexibility index (Phi) is 2.50. The molecule has 0 N–H and O–H groups in total. The van der Waals surface area contributed by atoms with E-state index in [1.807, 2.05) is 0 Å². The number of nitrogens with zero attached hydrogens (tertiary/aromatic N) is 2. The van der Waals surface area contributed by atoms with E-state index in [1.165, 1.54) is 24.3 Å². The zero-order chi connectivity index (χ0) is 14.4. The van der Waals surface area contributed by atoms with Gasteiger partial charge in [-0.15, -0.1) is 0 Å². The number of carbonyl (C=O) groups excluding carboxylic acids is 2. The summed E-state index contributed by atoms with van der Waals surface area (Å²) in [4.78, 5) is 24.6. The molecular weight excluding hydrogens is 270 g/mol. The number of amides is 2. The Morgan fingerprint density at radius 1 is 0.950 bits per heavy atom. The van der Waals surface area contributed by atoms with Crippen molar-refractivity contribution in [3.63, 3.8) is 0 Å². The quantitative estimate of drug-likeness (QED) is 0.449. The van der Waals surface area contributed by atoms with Gasteiger partial charge in [-0.2, -0.15) is 13.5 Å². The highest BCUT2D eigenvalue weighted by molar-refractivity contribution is 6.34. The van der Waals surface area contributed by atoms with Crippen LogP contribution in [0.1, 0.15) is 20.7 Å². The van der Waals surface area contributed by atoms with E-state index in [9.17, 15) is 23.6 Å². The molecule has 1 aliphatic rings. The zero-order valence-electron chi connectivity index (χ0n) is 9.84. The first-order valence-electron chi connectivity index (χ1n) is 5.56. The molecule has 0 fully saturated rings. The number of hydrogen-bond acceptors (Lipinski definition) is 3. The average molecular weight is 276 g/mol. The number of halogens is 2. The van der Waals surface area contributed by atoms with Gasteiger partial charge < -0.3 is 5.21 Å². The smallest absolute Gasteiger partial charge is 0.266 e. The molecule has 0 saturated carbocycles. The summed E-state index contributed by atoms with van der Waals surface area (Å²) >= 11 is 0. The van der Waals surface area contributed by atoms with Gasteiger partial charge in [0, 0.05) is 0 Å². The predicted octanol–water partition coefficient (Wildman–Crippen LogP) is 1.40. The normalized spacial score (nSPS) is 13.8. The fourth-order valence-corrected chi connectivity index (χ4v) is 2.10. The molecule has 0 aliphatic carbocycles. The molecule has 0 unspecified atom stereocenters. The SMILES string of the molecule is O=C1c2ccccc2C(=O)N1c1c(F)c[n+]([O-])cc1F. The molecule has 2 amide bonds. The fraction of sp³-hybridized carbons (Fsp3) is 0. The number of fused-ring (bicyclic) bond motifs is 1. The van der Waals surface area contributed by atoms with Gasteiger partial charge in [0.2, 0.25) is 24.0 Å². The van der Waals surface area contributed by atoms with Crippen molar-refractivity contribution < 1.29 is 23.1 Å². The zero-order valence-corrected chi connectivity index (χ0v) is 9.84. The van der Waals surface area contributed by atoms with Crippen LogP contribution in [0.25, 0.3) is 0 Å². The molecule has 100 valence electrons. The lowest BCUT2D eigenvalue weighted by atomic mass is 10.1. The van der Waals surface area contributed by atoms with E-state index in [2.05, 4.69) is 0 Å². The van der Waals surface area contributed by atoms with E-state index in [0.717, 1.165) is 0 Å². The summed E-state index contributed by atoms with van der Waals surface area (Å²) in [5, 5.41) is 10.9. The van der Waals surface area contributed by atoms with Crippen LogP contribution in [-0.2, 0) is 0 Å². The average Bonchev–Trinajstić information content (AvgIpc) is 2.64. The van der Waals surface area contributed by atoms with Crippen LogP contribution in [-0.4, -0.2) is 11.8 Å². The van der Waals surface area contributed by atoms with Gasteiger partial charge in [-0.05, 0) is 12.1 Å². The van der Waals surface area contributed by atoms with Gasteiger partial charge in [0.1, 0.15) is 5.69 Å². The number of rotatable bonds is 1. The number of anilines is 1. The molecule has 0 bridgehead atoms. The summed E-state index contributed by atoms with van der Waals surface area (Å²) in [6.45, 7) is 0. The maximum atomic E-state index is 13.7. The molecular formula is C13H6F2N2O3. The first kappa shape index (κ1) is 12.2. The molecule has 0 saturated heterocycles. The molecule has 0 radical (unpaired) electrons. The van der Waals surface area contributed by atoms with Crippen LogP contribution in [0.15, 0.2) is 36.7 Å². The van der Waals surface area contributed by atoms with E-state index in [0.29, 0.717) is 17.3 Å². The van der Waals surface area contributed by atoms with Crippen molar-refractivity contribution in [1.29, 1.82) is 0 Å². The minimum Gasteiger partial charge on any atom is -0.619 e. The summed E-state index contributed by atoms with van der Waals surface area (Å²) in [5.41, 5.74) is -0.714. The topological polar surface area (TPSA) is 64.3 Å². The third-order valence-electron chi connectivity index (χ3n) is 2.95. The molecule has 1 aromatic heterocycles. The van der Waals surface area contributed by atoms with E-state index in [-0.39, 0.29) is 15.9 Å². The number of carbonyl (C=O) groups is 2. The van der Waals surface area contributed by atoms with Crippen LogP contribution in [0, 0.1) is 16.8 Å². The minimum absolute atomic E-state index is 0.0650. The van der Waals surface area contributed by atoms with Gasteiger partial charge in [-0.25, -0.2) is 4.90 Å². The minimum atomic E-state index is -1.28. The Hall–Kier alpha value is -2.83. The molecule has 20 heavy (non-hydrogen) atoms. The number of hydrogen-bond donors (Lipinski definition) is 0. The van der Waals surface area contributed by atoms with Crippen molar-refractivity contribution in [3.8, 4) is 0 Å². The van der Waals surface area contributed by atoms with E-state index >= 15 is 0 Å². The van der Waals surface area contributed by atoms with Crippen LogP contribution >= 0.6 is 0 Å². The third kappa shape index (κ3) is 1.56. The maximum Gasteiger partial charge on any atom is 0.266 e. The van der Waals surface area contributed by atoms with Gasteiger partial charge in [0.05, 0.1) is 11.1 Å². The van der Waals surface area contributed by atoms with Crippen molar-refractivity contribution >= 4 is 17.5 Å². The van der Waals surface area contributed by atoms with Gasteiger partial charge in [0.15, 0.2) is 0 Å². The predicted molar refractivity (Wildman–Crippen MR) is 62.9 cm³/mol. The summed E-state index contributed by atoms with van der Waals surface area (Å²) in [6.07, 6.45) is 0.893. The monoisotopic (exact) mass is 276 g/mol. The van der Waals surface area contributed by atoms with Gasteiger partial charge >= 0.3 is 0 Å². The number of pyridine rings is 1. The van der Waals surface area contributed by atoms with Crippen molar-refractivity contribution in [1.82, 2.24) is 0 Å². The summed E-state index contributed by atoms with van der Waals surface area (Å²) in [7, 11) is 0. The lowest BCUT2D eigenvalue weighted by Crippen LogP contribution is -2.34. The summed E-state index contributed by atoms with van der Waals surface area (Å²) < 4.78 is 27.4. The Balaban J connectivity index is 2.19. The molecule has 2 aromatic rings. The summed E-state index contributed by atoms with van der Waals surface area (Å²) in [6, 6.07) is 5.86. The van der Waals surface area contributed by atoms with Crippen molar-refractivity contribution in [2.24, 2.45) is 0 Å². The first-order valence-corrected chi connectivity index (χ1v) is 5.56. The Bertz CT molecular complexity index is 703. The second kappa shape index (κ2) is 4.09. The van der Waals surface area contributed by atoms with E-state index in [1.54, 1.807) is 0 Å².